The summed E-state index contributed by atoms with van der Waals surface area (Å²) >= 11 is 5.61. The third-order valence-electron chi connectivity index (χ3n) is 2.19. The summed E-state index contributed by atoms with van der Waals surface area (Å²) < 4.78 is 37.6. The van der Waals surface area contributed by atoms with E-state index in [9.17, 15) is 13.2 Å². The largest absolute Gasteiger partial charge is 0.418 e. The predicted octanol–water partition coefficient (Wildman–Crippen LogP) is 3.33. The lowest BCUT2D eigenvalue weighted by Gasteiger charge is -2.12. The minimum absolute atomic E-state index is 0.139. The third-order valence-corrected chi connectivity index (χ3v) is 2.40. The smallest absolute Gasteiger partial charge is 0.384 e. The zero-order valence-corrected chi connectivity index (χ0v) is 7.84. The van der Waals surface area contributed by atoms with Crippen LogP contribution in [-0.4, -0.2) is 6.54 Å². The van der Waals surface area contributed by atoms with E-state index in [0.717, 1.165) is 6.07 Å². The molecule has 1 aliphatic heterocycles. The van der Waals surface area contributed by atoms with Gasteiger partial charge in [0.2, 0.25) is 0 Å². The first-order chi connectivity index (χ1) is 6.48. The van der Waals surface area contributed by atoms with Crippen LogP contribution in [0.1, 0.15) is 11.1 Å². The fourth-order valence-corrected chi connectivity index (χ4v) is 1.86. The van der Waals surface area contributed by atoms with Gasteiger partial charge in [0.05, 0.1) is 5.56 Å². The van der Waals surface area contributed by atoms with E-state index < -0.39 is 11.7 Å². The summed E-state index contributed by atoms with van der Waals surface area (Å²) in [5, 5.41) is 2.86. The number of nitrogens with one attached hydrogen (secondary N) is 1. The van der Waals surface area contributed by atoms with E-state index >= 15 is 0 Å². The Bertz CT molecular complexity index is 373. The zero-order valence-electron chi connectivity index (χ0n) is 7.08. The van der Waals surface area contributed by atoms with Gasteiger partial charge in [-0.25, -0.2) is 0 Å². The summed E-state index contributed by atoms with van der Waals surface area (Å²) in [6, 6.07) is 2.53. The van der Waals surface area contributed by atoms with Gasteiger partial charge in [-0.05, 0) is 24.1 Å². The topological polar surface area (TPSA) is 12.0 Å². The molecule has 1 heterocycles. The number of hydrogen-bond donors (Lipinski definition) is 1. The molecule has 2 rings (SSSR count). The Kier molecular flexibility index (Phi) is 2.10. The number of halogens is 4. The highest BCUT2D eigenvalue weighted by Crippen LogP contribution is 2.40. The second-order valence-corrected chi connectivity index (χ2v) is 3.60. The molecule has 0 saturated heterocycles. The van der Waals surface area contributed by atoms with Gasteiger partial charge in [0.15, 0.2) is 0 Å². The number of fused-ring (bicyclic) bond motifs is 1. The van der Waals surface area contributed by atoms with Crippen molar-refractivity contribution in [1.29, 1.82) is 0 Å². The molecule has 0 atom stereocenters. The highest BCUT2D eigenvalue weighted by Gasteiger charge is 2.35. The molecule has 0 radical (unpaired) electrons. The molecule has 0 spiro atoms. The second-order valence-electron chi connectivity index (χ2n) is 3.16. The molecule has 0 aliphatic carbocycles. The summed E-state index contributed by atoms with van der Waals surface area (Å²) in [6.07, 6.45) is -3.74. The van der Waals surface area contributed by atoms with Crippen LogP contribution in [0.2, 0.25) is 5.02 Å². The average Bonchev–Trinajstić information content (AvgIpc) is 2.47. The molecule has 0 saturated carbocycles. The van der Waals surface area contributed by atoms with Crippen molar-refractivity contribution in [1.82, 2.24) is 0 Å². The van der Waals surface area contributed by atoms with Gasteiger partial charge in [-0.1, -0.05) is 11.6 Å². The normalized spacial score (nSPS) is 15.1. The van der Waals surface area contributed by atoms with Crippen LogP contribution in [-0.2, 0) is 12.6 Å². The molecule has 0 aromatic heterocycles. The Morgan fingerprint density at radius 1 is 1.29 bits per heavy atom. The molecule has 1 aliphatic rings. The maximum atomic E-state index is 12.5. The van der Waals surface area contributed by atoms with Gasteiger partial charge in [-0.15, -0.1) is 0 Å². The van der Waals surface area contributed by atoms with Gasteiger partial charge in [0.1, 0.15) is 0 Å². The van der Waals surface area contributed by atoms with E-state index in [-0.39, 0.29) is 10.7 Å². The molecule has 1 nitrogen and oxygen atoms in total. The molecule has 1 aromatic rings. The predicted molar refractivity (Wildman–Crippen MR) is 48.6 cm³/mol. The summed E-state index contributed by atoms with van der Waals surface area (Å²) in [6.45, 7) is 0.540. The number of benzene rings is 1. The van der Waals surface area contributed by atoms with E-state index in [1.807, 2.05) is 0 Å². The van der Waals surface area contributed by atoms with E-state index in [2.05, 4.69) is 5.32 Å². The van der Waals surface area contributed by atoms with Crippen molar-refractivity contribution in [3.05, 3.63) is 28.3 Å². The Labute approximate surface area is 83.9 Å². The number of rotatable bonds is 0. The quantitative estimate of drug-likeness (QED) is 0.709. The molecule has 14 heavy (non-hydrogen) atoms. The van der Waals surface area contributed by atoms with Gasteiger partial charge in [0, 0.05) is 17.3 Å². The number of hydrogen-bond acceptors (Lipinski definition) is 1. The fraction of sp³-hybridized carbons (Fsp3) is 0.333. The fourth-order valence-electron chi connectivity index (χ4n) is 1.61. The highest BCUT2D eigenvalue weighted by molar-refractivity contribution is 6.30. The highest BCUT2D eigenvalue weighted by atomic mass is 35.5. The monoisotopic (exact) mass is 221 g/mol. The van der Waals surface area contributed by atoms with E-state index in [1.165, 1.54) is 0 Å². The van der Waals surface area contributed by atoms with Crippen LogP contribution in [0.3, 0.4) is 0 Å². The molecule has 0 amide bonds. The Morgan fingerprint density at radius 2 is 2.00 bits per heavy atom. The molecule has 0 bridgehead atoms. The summed E-state index contributed by atoms with van der Waals surface area (Å²) in [5.74, 6) is 0. The molecule has 0 unspecified atom stereocenters. The molecular weight excluding hydrogens is 215 g/mol. The number of anilines is 1. The SMILES string of the molecule is FC(F)(F)c1cc(Cl)cc2c1NCC2. The van der Waals surface area contributed by atoms with E-state index in [0.29, 0.717) is 18.5 Å². The van der Waals surface area contributed by atoms with Crippen LogP contribution >= 0.6 is 11.6 Å². The van der Waals surface area contributed by atoms with Crippen molar-refractivity contribution in [2.75, 3.05) is 11.9 Å². The lowest BCUT2D eigenvalue weighted by Crippen LogP contribution is -2.08. The Balaban J connectivity index is 2.60. The van der Waals surface area contributed by atoms with Gasteiger partial charge in [-0.3, -0.25) is 0 Å². The van der Waals surface area contributed by atoms with E-state index in [1.54, 1.807) is 6.07 Å². The van der Waals surface area contributed by atoms with Crippen LogP contribution in [0.5, 0.6) is 0 Å². The van der Waals surface area contributed by atoms with Crippen LogP contribution < -0.4 is 5.32 Å². The molecule has 1 N–H and O–H groups in total. The van der Waals surface area contributed by atoms with Crippen molar-refractivity contribution < 1.29 is 13.2 Å². The van der Waals surface area contributed by atoms with Crippen LogP contribution in [0.4, 0.5) is 18.9 Å². The van der Waals surface area contributed by atoms with Crippen molar-refractivity contribution in [2.45, 2.75) is 12.6 Å². The lowest BCUT2D eigenvalue weighted by atomic mass is 10.1. The molecule has 0 fully saturated rings. The maximum absolute atomic E-state index is 12.5. The number of alkyl halides is 3. The van der Waals surface area contributed by atoms with Crippen molar-refractivity contribution in [3.63, 3.8) is 0 Å². The summed E-state index contributed by atoms with van der Waals surface area (Å²) in [7, 11) is 0. The van der Waals surface area contributed by atoms with Crippen molar-refractivity contribution >= 4 is 17.3 Å². The first kappa shape index (κ1) is 9.65. The molecular formula is C9H7ClF3N. The minimum atomic E-state index is -4.34. The maximum Gasteiger partial charge on any atom is 0.418 e. The van der Waals surface area contributed by atoms with Gasteiger partial charge >= 0.3 is 6.18 Å². The Morgan fingerprint density at radius 3 is 2.64 bits per heavy atom. The zero-order chi connectivity index (χ0) is 10.3. The van der Waals surface area contributed by atoms with E-state index in [4.69, 9.17) is 11.6 Å². The molecule has 5 heteroatoms. The molecule has 76 valence electrons. The van der Waals surface area contributed by atoms with Crippen LogP contribution in [0.25, 0.3) is 0 Å². The van der Waals surface area contributed by atoms with Crippen LogP contribution in [0.15, 0.2) is 12.1 Å². The van der Waals surface area contributed by atoms with Gasteiger partial charge in [0.25, 0.3) is 0 Å². The Hall–Kier alpha value is -0.900. The molecule has 1 aromatic carbocycles. The average molecular weight is 222 g/mol. The van der Waals surface area contributed by atoms with Crippen molar-refractivity contribution in [3.8, 4) is 0 Å². The summed E-state index contributed by atoms with van der Waals surface area (Å²) in [5.41, 5.74) is 0.157. The standard InChI is InChI=1S/C9H7ClF3N/c10-6-3-5-1-2-14-8(5)7(4-6)9(11,12)13/h3-4,14H,1-2H2. The van der Waals surface area contributed by atoms with Crippen LogP contribution in [0, 0.1) is 0 Å². The first-order valence-electron chi connectivity index (χ1n) is 4.12. The lowest BCUT2D eigenvalue weighted by molar-refractivity contribution is -0.136. The minimum Gasteiger partial charge on any atom is -0.384 e. The van der Waals surface area contributed by atoms with Crippen molar-refractivity contribution in [2.24, 2.45) is 0 Å². The third kappa shape index (κ3) is 1.54. The van der Waals surface area contributed by atoms with Gasteiger partial charge in [-0.2, -0.15) is 13.2 Å². The summed E-state index contributed by atoms with van der Waals surface area (Å²) in [4.78, 5) is 0. The second kappa shape index (κ2) is 3.05. The van der Waals surface area contributed by atoms with Gasteiger partial charge < -0.3 is 5.32 Å². The first-order valence-corrected chi connectivity index (χ1v) is 4.50.